The van der Waals surface area contributed by atoms with Crippen LogP contribution < -0.4 is 5.73 Å². The second-order valence-corrected chi connectivity index (χ2v) is 5.44. The standard InChI is InChI=1S/C13H13BrClN3/c1-8(16)6-10-4-5-17-13(18-10)9-2-3-12(15)11(14)7-9/h2-5,7-8H,6,16H2,1H3. The highest BCUT2D eigenvalue weighted by Crippen LogP contribution is 2.27. The molecular formula is C13H13BrClN3. The van der Waals surface area contributed by atoms with Gasteiger partial charge in [-0.3, -0.25) is 0 Å². The SMILES string of the molecule is CC(N)Cc1ccnc(-c2ccc(Cl)c(Br)c2)n1. The van der Waals surface area contributed by atoms with Crippen LogP contribution in [0.2, 0.25) is 5.02 Å². The minimum Gasteiger partial charge on any atom is -0.328 e. The van der Waals surface area contributed by atoms with E-state index in [-0.39, 0.29) is 6.04 Å². The maximum absolute atomic E-state index is 5.96. The van der Waals surface area contributed by atoms with Crippen LogP contribution in [0.3, 0.4) is 0 Å². The Bertz CT molecular complexity index is 558. The molecule has 3 nitrogen and oxygen atoms in total. The summed E-state index contributed by atoms with van der Waals surface area (Å²) in [5.41, 5.74) is 7.65. The summed E-state index contributed by atoms with van der Waals surface area (Å²) in [5, 5.41) is 0.672. The Hall–Kier alpha value is -0.970. The molecule has 0 radical (unpaired) electrons. The predicted molar refractivity (Wildman–Crippen MR) is 77.5 cm³/mol. The summed E-state index contributed by atoms with van der Waals surface area (Å²) in [6.45, 7) is 1.96. The highest BCUT2D eigenvalue weighted by atomic mass is 79.9. The second-order valence-electron chi connectivity index (χ2n) is 4.18. The lowest BCUT2D eigenvalue weighted by atomic mass is 10.1. The van der Waals surface area contributed by atoms with Crippen LogP contribution in [0.15, 0.2) is 34.9 Å². The third-order valence-corrected chi connectivity index (χ3v) is 3.64. The molecule has 5 heteroatoms. The molecule has 0 aliphatic rings. The third-order valence-electron chi connectivity index (χ3n) is 2.42. The van der Waals surface area contributed by atoms with Crippen LogP contribution in [-0.4, -0.2) is 16.0 Å². The lowest BCUT2D eigenvalue weighted by Crippen LogP contribution is -2.18. The minimum atomic E-state index is 0.0877. The van der Waals surface area contributed by atoms with E-state index < -0.39 is 0 Å². The third kappa shape index (κ3) is 3.28. The van der Waals surface area contributed by atoms with E-state index in [4.69, 9.17) is 17.3 Å². The lowest BCUT2D eigenvalue weighted by molar-refractivity contribution is 0.720. The van der Waals surface area contributed by atoms with Crippen molar-refractivity contribution in [3.8, 4) is 11.4 Å². The number of hydrogen-bond donors (Lipinski definition) is 1. The number of nitrogens with two attached hydrogens (primary N) is 1. The average Bonchev–Trinajstić information content (AvgIpc) is 2.32. The Morgan fingerprint density at radius 3 is 2.83 bits per heavy atom. The van der Waals surface area contributed by atoms with Gasteiger partial charge in [-0.15, -0.1) is 0 Å². The first-order valence-corrected chi connectivity index (χ1v) is 6.76. The van der Waals surface area contributed by atoms with Crippen molar-refractivity contribution in [1.29, 1.82) is 0 Å². The molecule has 1 aromatic heterocycles. The van der Waals surface area contributed by atoms with E-state index in [9.17, 15) is 0 Å². The molecule has 2 rings (SSSR count). The molecule has 2 N–H and O–H groups in total. The monoisotopic (exact) mass is 325 g/mol. The molecule has 1 heterocycles. The van der Waals surface area contributed by atoms with Gasteiger partial charge in [0, 0.05) is 34.4 Å². The molecule has 0 aliphatic heterocycles. The number of aromatic nitrogens is 2. The van der Waals surface area contributed by atoms with Crippen LogP contribution in [0.5, 0.6) is 0 Å². The molecule has 0 spiro atoms. The molecular weight excluding hydrogens is 314 g/mol. The number of halogens is 2. The molecule has 0 saturated carbocycles. The smallest absolute Gasteiger partial charge is 0.159 e. The van der Waals surface area contributed by atoms with E-state index in [1.807, 2.05) is 31.2 Å². The number of benzene rings is 1. The van der Waals surface area contributed by atoms with Crippen LogP contribution in [0, 0.1) is 0 Å². The van der Waals surface area contributed by atoms with Gasteiger partial charge in [0.25, 0.3) is 0 Å². The van der Waals surface area contributed by atoms with E-state index >= 15 is 0 Å². The first-order chi connectivity index (χ1) is 8.56. The van der Waals surface area contributed by atoms with E-state index in [0.717, 1.165) is 22.2 Å². The molecule has 0 amide bonds. The predicted octanol–water partition coefficient (Wildman–Crippen LogP) is 3.45. The topological polar surface area (TPSA) is 51.8 Å². The Labute approximate surface area is 120 Å². The first kappa shape index (κ1) is 13.5. The Balaban J connectivity index is 2.35. The quantitative estimate of drug-likeness (QED) is 0.940. The lowest BCUT2D eigenvalue weighted by Gasteiger charge is -2.07. The van der Waals surface area contributed by atoms with Crippen molar-refractivity contribution in [2.75, 3.05) is 0 Å². The first-order valence-electron chi connectivity index (χ1n) is 5.59. The molecule has 94 valence electrons. The largest absolute Gasteiger partial charge is 0.328 e. The molecule has 2 aromatic rings. The van der Waals surface area contributed by atoms with Gasteiger partial charge in [0.2, 0.25) is 0 Å². The Morgan fingerprint density at radius 2 is 2.17 bits per heavy atom. The number of rotatable bonds is 3. The van der Waals surface area contributed by atoms with Crippen molar-refractivity contribution in [3.63, 3.8) is 0 Å². The zero-order chi connectivity index (χ0) is 13.1. The zero-order valence-corrected chi connectivity index (χ0v) is 12.2. The van der Waals surface area contributed by atoms with Gasteiger partial charge in [-0.2, -0.15) is 0 Å². The van der Waals surface area contributed by atoms with Crippen molar-refractivity contribution in [2.45, 2.75) is 19.4 Å². The summed E-state index contributed by atoms with van der Waals surface area (Å²) >= 11 is 9.36. The molecule has 0 aliphatic carbocycles. The summed E-state index contributed by atoms with van der Waals surface area (Å²) in [7, 11) is 0. The summed E-state index contributed by atoms with van der Waals surface area (Å²) in [4.78, 5) is 8.77. The van der Waals surface area contributed by atoms with Crippen molar-refractivity contribution in [2.24, 2.45) is 5.73 Å². The highest BCUT2D eigenvalue weighted by Gasteiger charge is 2.06. The van der Waals surface area contributed by atoms with Gasteiger partial charge < -0.3 is 5.73 Å². The van der Waals surface area contributed by atoms with E-state index in [0.29, 0.717) is 10.8 Å². The molecule has 18 heavy (non-hydrogen) atoms. The summed E-state index contributed by atoms with van der Waals surface area (Å²) in [5.74, 6) is 0.686. The van der Waals surface area contributed by atoms with Crippen LogP contribution in [0.4, 0.5) is 0 Å². The molecule has 1 aromatic carbocycles. The fourth-order valence-electron chi connectivity index (χ4n) is 1.61. The van der Waals surface area contributed by atoms with Crippen LogP contribution in [-0.2, 0) is 6.42 Å². The summed E-state index contributed by atoms with van der Waals surface area (Å²) < 4.78 is 0.836. The van der Waals surface area contributed by atoms with Crippen molar-refractivity contribution in [1.82, 2.24) is 9.97 Å². The van der Waals surface area contributed by atoms with Gasteiger partial charge in [0.15, 0.2) is 5.82 Å². The van der Waals surface area contributed by atoms with Gasteiger partial charge in [0.05, 0.1) is 5.02 Å². The number of hydrogen-bond acceptors (Lipinski definition) is 3. The van der Waals surface area contributed by atoms with Gasteiger partial charge in [0.1, 0.15) is 0 Å². The van der Waals surface area contributed by atoms with Crippen LogP contribution in [0.25, 0.3) is 11.4 Å². The van der Waals surface area contributed by atoms with E-state index in [1.54, 1.807) is 6.20 Å². The molecule has 0 saturated heterocycles. The van der Waals surface area contributed by atoms with E-state index in [2.05, 4.69) is 25.9 Å². The molecule has 1 unspecified atom stereocenters. The maximum atomic E-state index is 5.96. The fraction of sp³-hybridized carbons (Fsp3) is 0.231. The second kappa shape index (κ2) is 5.78. The highest BCUT2D eigenvalue weighted by molar-refractivity contribution is 9.10. The van der Waals surface area contributed by atoms with Gasteiger partial charge >= 0.3 is 0 Å². The van der Waals surface area contributed by atoms with Crippen LogP contribution >= 0.6 is 27.5 Å². The maximum Gasteiger partial charge on any atom is 0.159 e. The number of nitrogens with zero attached hydrogens (tertiary/aromatic N) is 2. The Kier molecular flexibility index (Phi) is 4.32. The van der Waals surface area contributed by atoms with Gasteiger partial charge in [-0.1, -0.05) is 11.6 Å². The molecule has 0 fully saturated rings. The normalized spacial score (nSPS) is 12.4. The molecule has 1 atom stereocenters. The van der Waals surface area contributed by atoms with Gasteiger partial charge in [-0.25, -0.2) is 9.97 Å². The zero-order valence-electron chi connectivity index (χ0n) is 9.90. The fourth-order valence-corrected chi connectivity index (χ4v) is 2.11. The molecule has 0 bridgehead atoms. The average molecular weight is 327 g/mol. The van der Waals surface area contributed by atoms with Gasteiger partial charge in [-0.05, 0) is 47.1 Å². The Morgan fingerprint density at radius 1 is 1.39 bits per heavy atom. The summed E-state index contributed by atoms with van der Waals surface area (Å²) in [6, 6.07) is 7.61. The van der Waals surface area contributed by atoms with Crippen molar-refractivity contribution in [3.05, 3.63) is 45.7 Å². The van der Waals surface area contributed by atoms with E-state index in [1.165, 1.54) is 0 Å². The van der Waals surface area contributed by atoms with Crippen molar-refractivity contribution < 1.29 is 0 Å². The minimum absolute atomic E-state index is 0.0877. The van der Waals surface area contributed by atoms with Crippen LogP contribution in [0.1, 0.15) is 12.6 Å². The summed E-state index contributed by atoms with van der Waals surface area (Å²) in [6.07, 6.45) is 2.49. The van der Waals surface area contributed by atoms with Crippen molar-refractivity contribution >= 4 is 27.5 Å².